The fourth-order valence-corrected chi connectivity index (χ4v) is 2.47. The van der Waals surface area contributed by atoms with Gasteiger partial charge in [-0.1, -0.05) is 24.3 Å². The first-order valence-corrected chi connectivity index (χ1v) is 8.28. The molecule has 0 saturated heterocycles. The van der Waals surface area contributed by atoms with Gasteiger partial charge in [0.15, 0.2) is 18.1 Å². The fraction of sp³-hybridized carbons (Fsp3) is 0.300. The maximum atomic E-state index is 12.3. The lowest BCUT2D eigenvalue weighted by Gasteiger charge is -2.14. The van der Waals surface area contributed by atoms with Crippen LogP contribution in [0.3, 0.4) is 0 Å². The van der Waals surface area contributed by atoms with Crippen LogP contribution < -0.4 is 19.5 Å². The van der Waals surface area contributed by atoms with E-state index in [0.29, 0.717) is 23.8 Å². The molecular formula is C20H23NO6. The van der Waals surface area contributed by atoms with Crippen LogP contribution in [0.4, 0.5) is 0 Å². The van der Waals surface area contributed by atoms with Gasteiger partial charge in [-0.15, -0.1) is 0 Å². The van der Waals surface area contributed by atoms with E-state index in [1.807, 2.05) is 31.2 Å². The second-order valence-electron chi connectivity index (χ2n) is 5.69. The molecule has 1 N–H and O–H groups in total. The molecule has 0 bridgehead atoms. The Morgan fingerprint density at radius 2 is 1.59 bits per heavy atom. The molecule has 0 unspecified atom stereocenters. The number of nitrogens with one attached hydrogen (secondary N) is 1. The predicted molar refractivity (Wildman–Crippen MR) is 99.4 cm³/mol. The summed E-state index contributed by atoms with van der Waals surface area (Å²) >= 11 is 0. The molecule has 0 aromatic heterocycles. The Hall–Kier alpha value is -3.22. The average molecular weight is 373 g/mol. The molecule has 2 rings (SSSR count). The zero-order chi connectivity index (χ0) is 19.8. The zero-order valence-electron chi connectivity index (χ0n) is 15.8. The second-order valence-corrected chi connectivity index (χ2v) is 5.69. The van der Waals surface area contributed by atoms with Crippen LogP contribution in [0, 0.1) is 6.92 Å². The third-order valence-corrected chi connectivity index (χ3v) is 3.97. The first kappa shape index (κ1) is 20.1. The van der Waals surface area contributed by atoms with Gasteiger partial charge in [-0.3, -0.25) is 4.79 Å². The molecule has 0 aliphatic carbocycles. The third kappa shape index (κ3) is 5.13. The Balaban J connectivity index is 1.97. The topological polar surface area (TPSA) is 83.1 Å². The van der Waals surface area contributed by atoms with E-state index in [4.69, 9.17) is 18.9 Å². The summed E-state index contributed by atoms with van der Waals surface area (Å²) in [6, 6.07) is 10.7. The van der Waals surface area contributed by atoms with Crippen LogP contribution in [0.1, 0.15) is 21.5 Å². The molecule has 0 fully saturated rings. The molecule has 144 valence electrons. The normalized spacial score (nSPS) is 10.1. The van der Waals surface area contributed by atoms with Gasteiger partial charge in [0.1, 0.15) is 0 Å². The summed E-state index contributed by atoms with van der Waals surface area (Å²) in [5.41, 5.74) is 2.27. The van der Waals surface area contributed by atoms with E-state index in [-0.39, 0.29) is 18.1 Å². The van der Waals surface area contributed by atoms with Crippen LogP contribution in [0.15, 0.2) is 36.4 Å². The van der Waals surface area contributed by atoms with E-state index >= 15 is 0 Å². The highest BCUT2D eigenvalue weighted by Gasteiger charge is 2.18. The summed E-state index contributed by atoms with van der Waals surface area (Å²) in [4.78, 5) is 24.2. The number of carbonyl (C=O) groups excluding carboxylic acids is 2. The van der Waals surface area contributed by atoms with Crippen molar-refractivity contribution < 1.29 is 28.5 Å². The Morgan fingerprint density at radius 3 is 2.15 bits per heavy atom. The lowest BCUT2D eigenvalue weighted by atomic mass is 10.1. The number of rotatable bonds is 8. The van der Waals surface area contributed by atoms with E-state index in [9.17, 15) is 9.59 Å². The minimum Gasteiger partial charge on any atom is -0.493 e. The Kier molecular flexibility index (Phi) is 7.05. The van der Waals surface area contributed by atoms with Gasteiger partial charge in [0.05, 0.1) is 26.9 Å². The quantitative estimate of drug-likeness (QED) is 0.716. The maximum absolute atomic E-state index is 12.3. The molecule has 0 heterocycles. The summed E-state index contributed by atoms with van der Waals surface area (Å²) < 4.78 is 20.7. The highest BCUT2D eigenvalue weighted by molar-refractivity contribution is 5.92. The predicted octanol–water partition coefficient (Wildman–Crippen LogP) is 2.49. The molecular weight excluding hydrogens is 350 g/mol. The van der Waals surface area contributed by atoms with E-state index in [1.165, 1.54) is 33.5 Å². The van der Waals surface area contributed by atoms with Gasteiger partial charge < -0.3 is 24.3 Å². The SMILES string of the molecule is COc1cc(C(=O)OCC(=O)NCc2ccccc2C)cc(OC)c1OC. The largest absolute Gasteiger partial charge is 0.493 e. The molecule has 1 amide bonds. The van der Waals surface area contributed by atoms with E-state index < -0.39 is 5.97 Å². The highest BCUT2D eigenvalue weighted by Crippen LogP contribution is 2.38. The lowest BCUT2D eigenvalue weighted by molar-refractivity contribution is -0.124. The molecule has 0 aliphatic rings. The van der Waals surface area contributed by atoms with Crippen LogP contribution >= 0.6 is 0 Å². The van der Waals surface area contributed by atoms with Crippen LogP contribution in [0.25, 0.3) is 0 Å². The van der Waals surface area contributed by atoms with Crippen LogP contribution in [-0.2, 0) is 16.1 Å². The second kappa shape index (κ2) is 9.47. The number of carbonyl (C=O) groups is 2. The number of esters is 1. The van der Waals surface area contributed by atoms with E-state index in [1.54, 1.807) is 0 Å². The zero-order valence-corrected chi connectivity index (χ0v) is 15.8. The minimum atomic E-state index is -0.666. The van der Waals surface area contributed by atoms with Crippen molar-refractivity contribution in [1.82, 2.24) is 5.32 Å². The van der Waals surface area contributed by atoms with Gasteiger partial charge >= 0.3 is 5.97 Å². The van der Waals surface area contributed by atoms with Crippen molar-refractivity contribution in [2.24, 2.45) is 0 Å². The smallest absolute Gasteiger partial charge is 0.338 e. The molecule has 0 saturated carbocycles. The van der Waals surface area contributed by atoms with Gasteiger partial charge in [0.25, 0.3) is 5.91 Å². The average Bonchev–Trinajstić information content (AvgIpc) is 2.70. The Bertz CT molecular complexity index is 793. The monoisotopic (exact) mass is 373 g/mol. The number of aryl methyl sites for hydroxylation is 1. The van der Waals surface area contributed by atoms with E-state index in [0.717, 1.165) is 11.1 Å². The van der Waals surface area contributed by atoms with Gasteiger partial charge in [-0.2, -0.15) is 0 Å². The molecule has 0 atom stereocenters. The molecule has 7 heteroatoms. The summed E-state index contributed by atoms with van der Waals surface area (Å²) in [6.07, 6.45) is 0. The number of hydrogen-bond acceptors (Lipinski definition) is 6. The minimum absolute atomic E-state index is 0.191. The van der Waals surface area contributed by atoms with Crippen molar-refractivity contribution in [3.8, 4) is 17.2 Å². The van der Waals surface area contributed by atoms with Crippen molar-refractivity contribution in [2.75, 3.05) is 27.9 Å². The maximum Gasteiger partial charge on any atom is 0.338 e. The molecule has 0 radical (unpaired) electrons. The fourth-order valence-electron chi connectivity index (χ4n) is 2.47. The highest BCUT2D eigenvalue weighted by atomic mass is 16.5. The van der Waals surface area contributed by atoms with E-state index in [2.05, 4.69) is 5.32 Å². The van der Waals surface area contributed by atoms with Gasteiger partial charge in [0.2, 0.25) is 5.75 Å². The first-order chi connectivity index (χ1) is 13.0. The van der Waals surface area contributed by atoms with Crippen molar-refractivity contribution in [2.45, 2.75) is 13.5 Å². The molecule has 0 spiro atoms. The summed E-state index contributed by atoms with van der Waals surface area (Å²) in [5, 5.41) is 2.72. The standard InChI is InChI=1S/C20H23NO6/c1-13-7-5-6-8-14(13)11-21-18(22)12-27-20(23)15-9-16(24-2)19(26-4)17(10-15)25-3/h5-10H,11-12H2,1-4H3,(H,21,22). The molecule has 27 heavy (non-hydrogen) atoms. The third-order valence-electron chi connectivity index (χ3n) is 3.97. The summed E-state index contributed by atoms with van der Waals surface area (Å²) in [6.45, 7) is 1.95. The van der Waals surface area contributed by atoms with Crippen molar-refractivity contribution in [3.05, 3.63) is 53.1 Å². The number of amides is 1. The lowest BCUT2D eigenvalue weighted by Crippen LogP contribution is -2.28. The van der Waals surface area contributed by atoms with Gasteiger partial charge in [0, 0.05) is 6.54 Å². The van der Waals surface area contributed by atoms with Crippen molar-refractivity contribution in [1.29, 1.82) is 0 Å². The summed E-state index contributed by atoms with van der Waals surface area (Å²) in [5.74, 6) is -0.0347. The first-order valence-electron chi connectivity index (χ1n) is 8.28. The number of hydrogen-bond donors (Lipinski definition) is 1. The van der Waals surface area contributed by atoms with Crippen molar-refractivity contribution >= 4 is 11.9 Å². The van der Waals surface area contributed by atoms with Crippen LogP contribution in [0.5, 0.6) is 17.2 Å². The van der Waals surface area contributed by atoms with Crippen LogP contribution in [0.2, 0.25) is 0 Å². The number of methoxy groups -OCH3 is 3. The molecule has 7 nitrogen and oxygen atoms in total. The van der Waals surface area contributed by atoms with Gasteiger partial charge in [-0.25, -0.2) is 4.79 Å². The van der Waals surface area contributed by atoms with Crippen molar-refractivity contribution in [3.63, 3.8) is 0 Å². The molecule has 2 aromatic carbocycles. The van der Waals surface area contributed by atoms with Crippen LogP contribution in [-0.4, -0.2) is 39.8 Å². The number of ether oxygens (including phenoxy) is 4. The molecule has 2 aromatic rings. The Morgan fingerprint density at radius 1 is 0.963 bits per heavy atom. The Labute approximate surface area is 158 Å². The number of benzene rings is 2. The summed E-state index contributed by atoms with van der Waals surface area (Å²) in [7, 11) is 4.37. The molecule has 0 aliphatic heterocycles. The van der Waals surface area contributed by atoms with Gasteiger partial charge in [-0.05, 0) is 30.2 Å².